The topological polar surface area (TPSA) is 52.0 Å². The number of hydrogen-bond donors (Lipinski definition) is 1. The minimum absolute atomic E-state index is 0.291. The molecular formula is C16H15FN4O. The lowest BCUT2D eigenvalue weighted by Crippen LogP contribution is -2.00. The van der Waals surface area contributed by atoms with Gasteiger partial charge in [0.2, 0.25) is 0 Å². The molecule has 0 saturated heterocycles. The van der Waals surface area contributed by atoms with Gasteiger partial charge in [0.15, 0.2) is 0 Å². The van der Waals surface area contributed by atoms with E-state index in [4.69, 9.17) is 4.74 Å². The summed E-state index contributed by atoms with van der Waals surface area (Å²) >= 11 is 0. The van der Waals surface area contributed by atoms with Crippen molar-refractivity contribution in [3.05, 3.63) is 66.4 Å². The summed E-state index contributed by atoms with van der Waals surface area (Å²) in [6.07, 6.45) is 5.37. The third kappa shape index (κ3) is 3.60. The van der Waals surface area contributed by atoms with E-state index in [0.717, 1.165) is 11.4 Å². The minimum Gasteiger partial charge on any atom is -0.456 e. The number of ether oxygens (including phenoxy) is 1. The predicted molar refractivity (Wildman–Crippen MR) is 81.2 cm³/mol. The summed E-state index contributed by atoms with van der Waals surface area (Å²) in [6, 6.07) is 9.49. The Bertz CT molecular complexity index is 738. The van der Waals surface area contributed by atoms with Gasteiger partial charge in [-0.1, -0.05) is 0 Å². The zero-order chi connectivity index (χ0) is 15.4. The van der Waals surface area contributed by atoms with Gasteiger partial charge < -0.3 is 10.1 Å². The van der Waals surface area contributed by atoms with Gasteiger partial charge in [-0.05, 0) is 36.4 Å². The molecule has 0 fully saturated rings. The van der Waals surface area contributed by atoms with Gasteiger partial charge in [-0.15, -0.1) is 0 Å². The average molecular weight is 298 g/mol. The number of nitrogens with zero attached hydrogens (tertiary/aromatic N) is 3. The molecule has 0 atom stereocenters. The molecule has 0 unspecified atom stereocenters. The van der Waals surface area contributed by atoms with E-state index in [1.807, 2.05) is 25.4 Å². The van der Waals surface area contributed by atoms with Gasteiger partial charge in [-0.25, -0.2) is 9.37 Å². The molecule has 22 heavy (non-hydrogen) atoms. The van der Waals surface area contributed by atoms with Crippen LogP contribution in [0.3, 0.4) is 0 Å². The summed E-state index contributed by atoms with van der Waals surface area (Å²) < 4.78 is 20.2. The van der Waals surface area contributed by atoms with E-state index in [-0.39, 0.29) is 5.82 Å². The number of halogens is 1. The Morgan fingerprint density at radius 3 is 2.50 bits per heavy atom. The fourth-order valence-corrected chi connectivity index (χ4v) is 1.94. The van der Waals surface area contributed by atoms with Crippen LogP contribution in [0.4, 0.5) is 10.2 Å². The monoisotopic (exact) mass is 298 g/mol. The number of benzene rings is 1. The van der Waals surface area contributed by atoms with Crippen molar-refractivity contribution < 1.29 is 9.13 Å². The summed E-state index contributed by atoms with van der Waals surface area (Å²) in [4.78, 5) is 4.28. The Morgan fingerprint density at radius 2 is 1.86 bits per heavy atom. The van der Waals surface area contributed by atoms with Crippen LogP contribution in [0.25, 0.3) is 0 Å². The van der Waals surface area contributed by atoms with Crippen molar-refractivity contribution in [1.29, 1.82) is 0 Å². The van der Waals surface area contributed by atoms with E-state index >= 15 is 0 Å². The minimum atomic E-state index is -0.291. The van der Waals surface area contributed by atoms with E-state index in [9.17, 15) is 4.39 Å². The SMILES string of the molecule is Cn1cc(CNc2ccc(Oc3ccc(F)cc3)cn2)cn1. The van der Waals surface area contributed by atoms with Crippen LogP contribution in [0.15, 0.2) is 55.0 Å². The van der Waals surface area contributed by atoms with E-state index in [1.54, 1.807) is 29.2 Å². The maximum atomic E-state index is 12.8. The number of anilines is 1. The van der Waals surface area contributed by atoms with Crippen LogP contribution in [-0.2, 0) is 13.6 Å². The molecule has 0 aliphatic carbocycles. The lowest BCUT2D eigenvalue weighted by molar-refractivity contribution is 0.478. The molecule has 3 rings (SSSR count). The van der Waals surface area contributed by atoms with Crippen molar-refractivity contribution >= 4 is 5.82 Å². The van der Waals surface area contributed by atoms with Crippen molar-refractivity contribution in [2.75, 3.05) is 5.32 Å². The number of aromatic nitrogens is 3. The van der Waals surface area contributed by atoms with Crippen molar-refractivity contribution in [2.45, 2.75) is 6.54 Å². The summed E-state index contributed by atoms with van der Waals surface area (Å²) in [5.74, 6) is 1.62. The zero-order valence-electron chi connectivity index (χ0n) is 12.0. The first-order chi connectivity index (χ1) is 10.7. The molecule has 0 radical (unpaired) electrons. The van der Waals surface area contributed by atoms with Gasteiger partial charge in [0, 0.05) is 25.4 Å². The molecule has 0 spiro atoms. The van der Waals surface area contributed by atoms with Gasteiger partial charge in [-0.3, -0.25) is 4.68 Å². The van der Waals surface area contributed by atoms with Crippen LogP contribution in [0.5, 0.6) is 11.5 Å². The highest BCUT2D eigenvalue weighted by molar-refractivity contribution is 5.39. The normalized spacial score (nSPS) is 10.5. The number of pyridine rings is 1. The second-order valence-corrected chi connectivity index (χ2v) is 4.81. The van der Waals surface area contributed by atoms with Crippen molar-refractivity contribution in [3.8, 4) is 11.5 Å². The highest BCUT2D eigenvalue weighted by Crippen LogP contribution is 2.21. The maximum Gasteiger partial charge on any atom is 0.145 e. The fraction of sp³-hybridized carbons (Fsp3) is 0.125. The molecule has 0 aliphatic heterocycles. The summed E-state index contributed by atoms with van der Waals surface area (Å²) in [6.45, 7) is 0.652. The molecule has 2 heterocycles. The highest BCUT2D eigenvalue weighted by Gasteiger charge is 2.01. The molecule has 112 valence electrons. The Balaban J connectivity index is 1.59. The van der Waals surface area contributed by atoms with E-state index in [0.29, 0.717) is 18.0 Å². The van der Waals surface area contributed by atoms with Crippen molar-refractivity contribution in [1.82, 2.24) is 14.8 Å². The quantitative estimate of drug-likeness (QED) is 0.784. The molecule has 1 aromatic carbocycles. The van der Waals surface area contributed by atoms with Crippen LogP contribution < -0.4 is 10.1 Å². The molecule has 0 aliphatic rings. The molecule has 2 aromatic heterocycles. The molecule has 1 N–H and O–H groups in total. The Hall–Kier alpha value is -2.89. The van der Waals surface area contributed by atoms with Crippen LogP contribution in [-0.4, -0.2) is 14.8 Å². The predicted octanol–water partition coefficient (Wildman–Crippen LogP) is 3.36. The molecule has 0 saturated carbocycles. The standard InChI is InChI=1S/C16H15FN4O/c1-21-11-12(9-20-21)8-18-16-7-6-15(10-19-16)22-14-4-2-13(17)3-5-14/h2-7,9-11H,8H2,1H3,(H,18,19). The van der Waals surface area contributed by atoms with Crippen LogP contribution in [0.1, 0.15) is 5.56 Å². The number of hydrogen-bond acceptors (Lipinski definition) is 4. The first-order valence-electron chi connectivity index (χ1n) is 6.80. The van der Waals surface area contributed by atoms with Gasteiger partial charge in [0.1, 0.15) is 23.1 Å². The highest BCUT2D eigenvalue weighted by atomic mass is 19.1. The van der Waals surface area contributed by atoms with E-state index < -0.39 is 0 Å². The largest absolute Gasteiger partial charge is 0.456 e. The second kappa shape index (κ2) is 6.26. The fourth-order valence-electron chi connectivity index (χ4n) is 1.94. The van der Waals surface area contributed by atoms with Crippen LogP contribution >= 0.6 is 0 Å². The summed E-state index contributed by atoms with van der Waals surface area (Å²) in [5, 5.41) is 7.31. The number of nitrogens with one attached hydrogen (secondary N) is 1. The average Bonchev–Trinajstić information content (AvgIpc) is 2.94. The zero-order valence-corrected chi connectivity index (χ0v) is 12.0. The molecule has 5 nitrogen and oxygen atoms in total. The summed E-state index contributed by atoms with van der Waals surface area (Å²) in [5.41, 5.74) is 1.08. The third-order valence-electron chi connectivity index (χ3n) is 3.02. The Morgan fingerprint density at radius 1 is 1.09 bits per heavy atom. The second-order valence-electron chi connectivity index (χ2n) is 4.81. The molecular weight excluding hydrogens is 283 g/mol. The van der Waals surface area contributed by atoms with E-state index in [2.05, 4.69) is 15.4 Å². The lowest BCUT2D eigenvalue weighted by atomic mass is 10.3. The smallest absolute Gasteiger partial charge is 0.145 e. The van der Waals surface area contributed by atoms with Crippen molar-refractivity contribution in [2.24, 2.45) is 7.05 Å². The molecule has 0 bridgehead atoms. The molecule has 0 amide bonds. The molecule has 3 aromatic rings. The number of rotatable bonds is 5. The first-order valence-corrected chi connectivity index (χ1v) is 6.80. The van der Waals surface area contributed by atoms with Gasteiger partial charge in [0.25, 0.3) is 0 Å². The molecule has 6 heteroatoms. The number of aryl methyl sites for hydroxylation is 1. The van der Waals surface area contributed by atoms with Crippen molar-refractivity contribution in [3.63, 3.8) is 0 Å². The summed E-state index contributed by atoms with van der Waals surface area (Å²) in [7, 11) is 1.88. The first kappa shape index (κ1) is 14.1. The Kier molecular flexibility index (Phi) is 4.00. The lowest BCUT2D eigenvalue weighted by Gasteiger charge is -2.07. The van der Waals surface area contributed by atoms with E-state index in [1.165, 1.54) is 12.1 Å². The van der Waals surface area contributed by atoms with Gasteiger partial charge in [-0.2, -0.15) is 5.10 Å². The van der Waals surface area contributed by atoms with Crippen LogP contribution in [0, 0.1) is 5.82 Å². The third-order valence-corrected chi connectivity index (χ3v) is 3.02. The Labute approximate surface area is 127 Å². The van der Waals surface area contributed by atoms with Gasteiger partial charge >= 0.3 is 0 Å². The van der Waals surface area contributed by atoms with Gasteiger partial charge in [0.05, 0.1) is 12.4 Å². The van der Waals surface area contributed by atoms with Crippen LogP contribution in [0.2, 0.25) is 0 Å². The maximum absolute atomic E-state index is 12.8.